The summed E-state index contributed by atoms with van der Waals surface area (Å²) in [5.41, 5.74) is 6.13. The minimum Gasteiger partial charge on any atom is -0.497 e. The number of hydrogen-bond donors (Lipinski definition) is 2. The lowest BCUT2D eigenvalue weighted by Gasteiger charge is -2.17. The Balaban J connectivity index is 1.97. The van der Waals surface area contributed by atoms with Gasteiger partial charge < -0.3 is 20.7 Å². The van der Waals surface area contributed by atoms with E-state index in [-0.39, 0.29) is 17.3 Å². The predicted molar refractivity (Wildman–Crippen MR) is 90.8 cm³/mol. The second-order valence-corrected chi connectivity index (χ2v) is 5.41. The second kappa shape index (κ2) is 6.57. The minimum absolute atomic E-state index is 0.0829. The fraction of sp³-hybridized carbons (Fsp3) is 0.333. The quantitative estimate of drug-likeness (QED) is 0.633. The molecule has 0 saturated carbocycles. The van der Waals surface area contributed by atoms with Gasteiger partial charge in [0.25, 0.3) is 0 Å². The highest BCUT2D eigenvalue weighted by molar-refractivity contribution is 5.74. The SMILES string of the molecule is COc1ccc(Nc2nc(N3CCCC3)nc(N)c2[N+](=O)[O-])cc1. The third-order valence-electron chi connectivity index (χ3n) is 3.82. The van der Waals surface area contributed by atoms with E-state index >= 15 is 0 Å². The maximum Gasteiger partial charge on any atom is 0.353 e. The molecule has 0 amide bonds. The van der Waals surface area contributed by atoms with E-state index in [0.29, 0.717) is 17.4 Å². The summed E-state index contributed by atoms with van der Waals surface area (Å²) < 4.78 is 5.10. The van der Waals surface area contributed by atoms with Crippen LogP contribution in [0.5, 0.6) is 5.75 Å². The van der Waals surface area contributed by atoms with Crippen LogP contribution in [0.15, 0.2) is 24.3 Å². The van der Waals surface area contributed by atoms with E-state index in [2.05, 4.69) is 15.3 Å². The summed E-state index contributed by atoms with van der Waals surface area (Å²) in [5, 5.41) is 14.3. The zero-order valence-corrected chi connectivity index (χ0v) is 13.2. The number of anilines is 4. The molecule has 1 aromatic heterocycles. The number of rotatable bonds is 5. The van der Waals surface area contributed by atoms with Crippen molar-refractivity contribution < 1.29 is 9.66 Å². The average Bonchev–Trinajstić information content (AvgIpc) is 3.09. The fourth-order valence-corrected chi connectivity index (χ4v) is 2.60. The molecular formula is C15H18N6O3. The summed E-state index contributed by atoms with van der Waals surface area (Å²) in [6.45, 7) is 1.64. The zero-order chi connectivity index (χ0) is 17.1. The molecule has 0 unspecified atom stereocenters. The molecule has 1 aromatic carbocycles. The van der Waals surface area contributed by atoms with Gasteiger partial charge >= 0.3 is 5.69 Å². The highest BCUT2D eigenvalue weighted by Crippen LogP contribution is 2.33. The lowest BCUT2D eigenvalue weighted by molar-refractivity contribution is -0.383. The highest BCUT2D eigenvalue weighted by atomic mass is 16.6. The van der Waals surface area contributed by atoms with Crippen molar-refractivity contribution in [3.8, 4) is 5.75 Å². The van der Waals surface area contributed by atoms with Crippen molar-refractivity contribution in [2.45, 2.75) is 12.8 Å². The van der Waals surface area contributed by atoms with Gasteiger partial charge in [-0.2, -0.15) is 9.97 Å². The van der Waals surface area contributed by atoms with Gasteiger partial charge in [0.1, 0.15) is 5.75 Å². The van der Waals surface area contributed by atoms with Crippen LogP contribution in [0.25, 0.3) is 0 Å². The monoisotopic (exact) mass is 330 g/mol. The average molecular weight is 330 g/mol. The van der Waals surface area contributed by atoms with Gasteiger partial charge in [0.05, 0.1) is 12.0 Å². The number of nitro groups is 1. The van der Waals surface area contributed by atoms with E-state index in [1.165, 1.54) is 0 Å². The van der Waals surface area contributed by atoms with Crippen LogP contribution in [-0.4, -0.2) is 35.1 Å². The maximum absolute atomic E-state index is 11.3. The van der Waals surface area contributed by atoms with E-state index in [1.807, 2.05) is 4.90 Å². The number of aromatic nitrogens is 2. The molecule has 24 heavy (non-hydrogen) atoms. The van der Waals surface area contributed by atoms with Crippen molar-refractivity contribution in [3.05, 3.63) is 34.4 Å². The van der Waals surface area contributed by atoms with Crippen LogP contribution in [-0.2, 0) is 0 Å². The molecule has 9 heteroatoms. The molecule has 0 radical (unpaired) electrons. The first kappa shape index (κ1) is 15.8. The highest BCUT2D eigenvalue weighted by Gasteiger charge is 2.26. The van der Waals surface area contributed by atoms with Gasteiger partial charge in [0.15, 0.2) is 0 Å². The van der Waals surface area contributed by atoms with Crippen molar-refractivity contribution in [1.29, 1.82) is 0 Å². The molecule has 126 valence electrons. The Morgan fingerprint density at radius 1 is 1.25 bits per heavy atom. The first-order valence-corrected chi connectivity index (χ1v) is 7.56. The van der Waals surface area contributed by atoms with Crippen molar-refractivity contribution >= 4 is 29.0 Å². The normalized spacial score (nSPS) is 13.8. The zero-order valence-electron chi connectivity index (χ0n) is 13.2. The number of methoxy groups -OCH3 is 1. The number of hydrogen-bond acceptors (Lipinski definition) is 8. The lowest BCUT2D eigenvalue weighted by atomic mass is 10.3. The molecule has 3 N–H and O–H groups in total. The van der Waals surface area contributed by atoms with Crippen molar-refractivity contribution in [2.75, 3.05) is 36.1 Å². The van der Waals surface area contributed by atoms with Crippen LogP contribution in [0, 0.1) is 10.1 Å². The molecule has 1 fully saturated rings. The Bertz CT molecular complexity index is 744. The summed E-state index contributed by atoms with van der Waals surface area (Å²) in [6.07, 6.45) is 2.09. The van der Waals surface area contributed by atoms with Crippen LogP contribution in [0.3, 0.4) is 0 Å². The Morgan fingerprint density at radius 3 is 2.50 bits per heavy atom. The van der Waals surface area contributed by atoms with Crippen LogP contribution in [0.4, 0.5) is 29.0 Å². The number of benzene rings is 1. The van der Waals surface area contributed by atoms with Crippen molar-refractivity contribution in [2.24, 2.45) is 0 Å². The smallest absolute Gasteiger partial charge is 0.353 e. The van der Waals surface area contributed by atoms with E-state index in [0.717, 1.165) is 25.9 Å². The number of nitrogens with zero attached hydrogens (tertiary/aromatic N) is 4. The topological polar surface area (TPSA) is 119 Å². The molecule has 2 aromatic rings. The Morgan fingerprint density at radius 2 is 1.92 bits per heavy atom. The summed E-state index contributed by atoms with van der Waals surface area (Å²) >= 11 is 0. The lowest BCUT2D eigenvalue weighted by Crippen LogP contribution is -2.22. The van der Waals surface area contributed by atoms with Crippen LogP contribution < -0.4 is 20.7 Å². The molecule has 9 nitrogen and oxygen atoms in total. The van der Waals surface area contributed by atoms with Crippen LogP contribution >= 0.6 is 0 Å². The standard InChI is InChI=1S/C15H18N6O3/c1-24-11-6-4-10(5-7-11)17-14-12(21(22)23)13(16)18-15(19-14)20-8-2-3-9-20/h4-7H,2-3,8-9H2,1H3,(H3,16,17,18,19). The maximum atomic E-state index is 11.3. The van der Waals surface area contributed by atoms with E-state index in [4.69, 9.17) is 10.5 Å². The van der Waals surface area contributed by atoms with E-state index < -0.39 is 4.92 Å². The van der Waals surface area contributed by atoms with Gasteiger partial charge in [-0.15, -0.1) is 0 Å². The minimum atomic E-state index is -0.574. The van der Waals surface area contributed by atoms with Crippen LogP contribution in [0.1, 0.15) is 12.8 Å². The molecule has 0 spiro atoms. The number of nitrogens with one attached hydrogen (secondary N) is 1. The van der Waals surface area contributed by atoms with Crippen molar-refractivity contribution in [1.82, 2.24) is 9.97 Å². The molecule has 1 aliphatic heterocycles. The van der Waals surface area contributed by atoms with Gasteiger partial charge in [-0.3, -0.25) is 10.1 Å². The largest absolute Gasteiger partial charge is 0.497 e. The molecule has 2 heterocycles. The number of ether oxygens (including phenoxy) is 1. The Hall–Kier alpha value is -3.10. The third kappa shape index (κ3) is 3.14. The summed E-state index contributed by atoms with van der Waals surface area (Å²) in [6, 6.07) is 6.99. The molecule has 3 rings (SSSR count). The van der Waals surface area contributed by atoms with Gasteiger partial charge in [-0.25, -0.2) is 0 Å². The second-order valence-electron chi connectivity index (χ2n) is 5.41. The van der Waals surface area contributed by atoms with E-state index in [1.54, 1.807) is 31.4 Å². The van der Waals surface area contributed by atoms with Gasteiger partial charge in [0, 0.05) is 18.8 Å². The molecule has 0 bridgehead atoms. The predicted octanol–water partition coefficient (Wildman–Crippen LogP) is 2.32. The van der Waals surface area contributed by atoms with Gasteiger partial charge in [-0.05, 0) is 37.1 Å². The molecule has 0 aliphatic carbocycles. The van der Waals surface area contributed by atoms with Crippen molar-refractivity contribution in [3.63, 3.8) is 0 Å². The molecular weight excluding hydrogens is 312 g/mol. The summed E-state index contributed by atoms with van der Waals surface area (Å²) in [5.74, 6) is 1.04. The molecule has 1 saturated heterocycles. The van der Waals surface area contributed by atoms with Gasteiger partial charge in [0.2, 0.25) is 17.6 Å². The summed E-state index contributed by atoms with van der Waals surface area (Å²) in [4.78, 5) is 21.2. The van der Waals surface area contributed by atoms with Crippen LogP contribution in [0.2, 0.25) is 0 Å². The third-order valence-corrected chi connectivity index (χ3v) is 3.82. The molecule has 0 atom stereocenters. The van der Waals surface area contributed by atoms with E-state index in [9.17, 15) is 10.1 Å². The fourth-order valence-electron chi connectivity index (χ4n) is 2.60. The Kier molecular flexibility index (Phi) is 4.32. The number of nitrogens with two attached hydrogens (primary N) is 1. The number of nitrogen functional groups attached to an aromatic ring is 1. The Labute approximate surface area is 138 Å². The first-order chi connectivity index (χ1) is 11.6. The molecule has 1 aliphatic rings. The first-order valence-electron chi connectivity index (χ1n) is 7.56. The summed E-state index contributed by atoms with van der Waals surface area (Å²) in [7, 11) is 1.57. The van der Waals surface area contributed by atoms with Gasteiger partial charge in [-0.1, -0.05) is 0 Å².